The fourth-order valence-electron chi connectivity index (χ4n) is 1.79. The summed E-state index contributed by atoms with van der Waals surface area (Å²) in [5, 5.41) is 11.9. The molecule has 1 heterocycles. The van der Waals surface area contributed by atoms with E-state index in [2.05, 4.69) is 34.2 Å². The molecular weight excluding hydrogens is 232 g/mol. The summed E-state index contributed by atoms with van der Waals surface area (Å²) >= 11 is 0. The summed E-state index contributed by atoms with van der Waals surface area (Å²) in [5.41, 5.74) is -0.0387. The van der Waals surface area contributed by atoms with Gasteiger partial charge in [-0.2, -0.15) is 0 Å². The van der Waals surface area contributed by atoms with Gasteiger partial charge in [-0.3, -0.25) is 9.88 Å². The zero-order chi connectivity index (χ0) is 13.1. The molecule has 1 unspecified atom stereocenters. The van der Waals surface area contributed by atoms with Crippen LogP contribution in [0.4, 0.5) is 5.82 Å². The zero-order valence-electron chi connectivity index (χ0n) is 10.6. The molecule has 1 aliphatic rings. The van der Waals surface area contributed by atoms with Gasteiger partial charge in [-0.25, -0.2) is 9.78 Å². The Labute approximate surface area is 106 Å². The summed E-state index contributed by atoms with van der Waals surface area (Å²) in [6, 6.07) is 1.09. The third kappa shape index (κ3) is 3.16. The number of nitrogens with zero attached hydrogens (tertiary/aromatic N) is 3. The van der Waals surface area contributed by atoms with Crippen molar-refractivity contribution in [2.24, 2.45) is 0 Å². The standard InChI is InChI=1S/C12H18N4O2/c1-8(16(2)9-3-4-9)5-14-11-7-13-6-10(15-11)12(17)18/h6-9H,3-5H2,1-2H3,(H,14,15)(H,17,18). The third-order valence-corrected chi connectivity index (χ3v) is 3.25. The molecule has 6 heteroatoms. The van der Waals surface area contributed by atoms with Gasteiger partial charge in [0.2, 0.25) is 0 Å². The Morgan fingerprint density at radius 3 is 2.94 bits per heavy atom. The average Bonchev–Trinajstić information content (AvgIpc) is 3.19. The monoisotopic (exact) mass is 250 g/mol. The van der Waals surface area contributed by atoms with E-state index in [-0.39, 0.29) is 5.69 Å². The maximum absolute atomic E-state index is 10.8. The van der Waals surface area contributed by atoms with Crippen molar-refractivity contribution in [2.45, 2.75) is 31.8 Å². The van der Waals surface area contributed by atoms with Crippen LogP contribution in [-0.4, -0.2) is 51.6 Å². The Balaban J connectivity index is 1.89. The largest absolute Gasteiger partial charge is 0.476 e. The molecule has 18 heavy (non-hydrogen) atoms. The van der Waals surface area contributed by atoms with E-state index in [4.69, 9.17) is 5.11 Å². The molecule has 1 aromatic heterocycles. The van der Waals surface area contributed by atoms with Gasteiger partial charge in [0, 0.05) is 18.6 Å². The Bertz CT molecular complexity index is 434. The molecule has 0 aliphatic heterocycles. The molecule has 0 saturated heterocycles. The van der Waals surface area contributed by atoms with Crippen LogP contribution in [0.25, 0.3) is 0 Å². The van der Waals surface area contributed by atoms with Crippen molar-refractivity contribution >= 4 is 11.8 Å². The number of hydrogen-bond acceptors (Lipinski definition) is 5. The highest BCUT2D eigenvalue weighted by molar-refractivity contribution is 5.85. The van der Waals surface area contributed by atoms with E-state index in [9.17, 15) is 4.79 Å². The van der Waals surface area contributed by atoms with Crippen LogP contribution in [0.1, 0.15) is 30.3 Å². The molecule has 0 amide bonds. The van der Waals surface area contributed by atoms with Gasteiger partial charge in [-0.1, -0.05) is 0 Å². The number of likely N-dealkylation sites (N-methyl/N-ethyl adjacent to an activating group) is 1. The number of carboxylic acids is 1. The molecule has 2 rings (SSSR count). The first-order chi connectivity index (χ1) is 8.58. The number of rotatable bonds is 6. The Morgan fingerprint density at radius 1 is 1.61 bits per heavy atom. The second-order valence-electron chi connectivity index (χ2n) is 4.72. The summed E-state index contributed by atoms with van der Waals surface area (Å²) in [6.07, 6.45) is 5.33. The summed E-state index contributed by atoms with van der Waals surface area (Å²) in [4.78, 5) is 20.9. The summed E-state index contributed by atoms with van der Waals surface area (Å²) in [7, 11) is 2.11. The van der Waals surface area contributed by atoms with Crippen molar-refractivity contribution in [3.63, 3.8) is 0 Å². The first-order valence-electron chi connectivity index (χ1n) is 6.09. The highest BCUT2D eigenvalue weighted by atomic mass is 16.4. The second-order valence-corrected chi connectivity index (χ2v) is 4.72. The van der Waals surface area contributed by atoms with Gasteiger partial charge in [0.25, 0.3) is 0 Å². The van der Waals surface area contributed by atoms with Crippen molar-refractivity contribution in [3.05, 3.63) is 18.1 Å². The van der Waals surface area contributed by atoms with E-state index in [1.807, 2.05) is 0 Å². The Morgan fingerprint density at radius 2 is 2.33 bits per heavy atom. The van der Waals surface area contributed by atoms with Gasteiger partial charge < -0.3 is 10.4 Å². The van der Waals surface area contributed by atoms with E-state index in [0.717, 1.165) is 6.54 Å². The van der Waals surface area contributed by atoms with Gasteiger partial charge in [-0.15, -0.1) is 0 Å². The van der Waals surface area contributed by atoms with Crippen LogP contribution in [0.15, 0.2) is 12.4 Å². The maximum Gasteiger partial charge on any atom is 0.356 e. The number of hydrogen-bond donors (Lipinski definition) is 2. The molecule has 1 atom stereocenters. The van der Waals surface area contributed by atoms with Crippen molar-refractivity contribution in [1.82, 2.24) is 14.9 Å². The highest BCUT2D eigenvalue weighted by Crippen LogP contribution is 2.26. The van der Waals surface area contributed by atoms with Crippen molar-refractivity contribution in [1.29, 1.82) is 0 Å². The molecule has 1 saturated carbocycles. The van der Waals surface area contributed by atoms with Gasteiger partial charge in [0.1, 0.15) is 5.82 Å². The van der Waals surface area contributed by atoms with E-state index in [0.29, 0.717) is 17.9 Å². The van der Waals surface area contributed by atoms with Gasteiger partial charge in [0.05, 0.1) is 12.4 Å². The Kier molecular flexibility index (Phi) is 3.76. The molecule has 1 aromatic rings. The summed E-state index contributed by atoms with van der Waals surface area (Å²) in [5.74, 6) is -0.555. The summed E-state index contributed by atoms with van der Waals surface area (Å²) < 4.78 is 0. The van der Waals surface area contributed by atoms with Crippen molar-refractivity contribution < 1.29 is 9.90 Å². The number of aromatic nitrogens is 2. The van der Waals surface area contributed by atoms with Gasteiger partial charge in [0.15, 0.2) is 5.69 Å². The highest BCUT2D eigenvalue weighted by Gasteiger charge is 2.28. The van der Waals surface area contributed by atoms with Crippen LogP contribution >= 0.6 is 0 Å². The number of carboxylic acid groups (broad SMARTS) is 1. The van der Waals surface area contributed by atoms with Crippen LogP contribution in [0.5, 0.6) is 0 Å². The minimum absolute atomic E-state index is 0.0387. The molecule has 98 valence electrons. The summed E-state index contributed by atoms with van der Waals surface area (Å²) in [6.45, 7) is 2.87. The lowest BCUT2D eigenvalue weighted by Gasteiger charge is -2.24. The molecular formula is C12H18N4O2. The van der Waals surface area contributed by atoms with E-state index < -0.39 is 5.97 Å². The fraction of sp³-hybridized carbons (Fsp3) is 0.583. The van der Waals surface area contributed by atoms with E-state index in [1.165, 1.54) is 25.2 Å². The van der Waals surface area contributed by atoms with Gasteiger partial charge in [-0.05, 0) is 26.8 Å². The number of nitrogens with one attached hydrogen (secondary N) is 1. The van der Waals surface area contributed by atoms with Crippen LogP contribution in [-0.2, 0) is 0 Å². The van der Waals surface area contributed by atoms with Crippen LogP contribution < -0.4 is 5.32 Å². The normalized spacial score (nSPS) is 16.6. The molecule has 1 fully saturated rings. The minimum Gasteiger partial charge on any atom is -0.476 e. The second kappa shape index (κ2) is 5.30. The molecule has 1 aliphatic carbocycles. The van der Waals surface area contributed by atoms with Crippen LogP contribution in [0.3, 0.4) is 0 Å². The molecule has 0 bridgehead atoms. The molecule has 0 radical (unpaired) electrons. The third-order valence-electron chi connectivity index (χ3n) is 3.25. The maximum atomic E-state index is 10.8. The molecule has 6 nitrogen and oxygen atoms in total. The van der Waals surface area contributed by atoms with E-state index >= 15 is 0 Å². The zero-order valence-corrected chi connectivity index (χ0v) is 10.6. The lowest BCUT2D eigenvalue weighted by atomic mass is 10.3. The van der Waals surface area contributed by atoms with E-state index in [1.54, 1.807) is 0 Å². The van der Waals surface area contributed by atoms with Crippen molar-refractivity contribution in [2.75, 3.05) is 18.9 Å². The van der Waals surface area contributed by atoms with Gasteiger partial charge >= 0.3 is 5.97 Å². The lowest BCUT2D eigenvalue weighted by Crippen LogP contribution is -2.36. The number of anilines is 1. The minimum atomic E-state index is -1.06. The topological polar surface area (TPSA) is 78.3 Å². The SMILES string of the molecule is CC(CNc1cncc(C(=O)O)n1)N(C)C1CC1. The van der Waals surface area contributed by atoms with Crippen LogP contribution in [0, 0.1) is 0 Å². The lowest BCUT2D eigenvalue weighted by molar-refractivity contribution is 0.0690. The smallest absolute Gasteiger partial charge is 0.356 e. The number of carbonyl (C=O) groups is 1. The predicted octanol–water partition coefficient (Wildman–Crippen LogP) is 1.07. The molecule has 0 aromatic carbocycles. The quantitative estimate of drug-likeness (QED) is 0.786. The molecule has 2 N–H and O–H groups in total. The first kappa shape index (κ1) is 12.8. The predicted molar refractivity (Wildman–Crippen MR) is 67.7 cm³/mol. The average molecular weight is 250 g/mol. The fourth-order valence-corrected chi connectivity index (χ4v) is 1.79. The van der Waals surface area contributed by atoms with Crippen LogP contribution in [0.2, 0.25) is 0 Å². The molecule has 0 spiro atoms. The Hall–Kier alpha value is -1.69. The first-order valence-corrected chi connectivity index (χ1v) is 6.09. The van der Waals surface area contributed by atoms with Crippen molar-refractivity contribution in [3.8, 4) is 0 Å². The number of aromatic carboxylic acids is 1.